The van der Waals surface area contributed by atoms with Crippen molar-refractivity contribution in [1.29, 1.82) is 0 Å². The van der Waals surface area contributed by atoms with Gasteiger partial charge in [0.1, 0.15) is 6.34 Å². The maximum Gasteiger partial charge on any atom is 0.261 e. The largest absolute Gasteiger partial charge is 0.262 e. The van der Waals surface area contributed by atoms with Crippen LogP contribution in [0.1, 0.15) is 19.4 Å². The van der Waals surface area contributed by atoms with Gasteiger partial charge >= 0.3 is 0 Å². The van der Waals surface area contributed by atoms with Gasteiger partial charge in [-0.05, 0) is 12.5 Å². The molecule has 0 saturated heterocycles. The fraction of sp³-hybridized carbons (Fsp3) is 0.375. The summed E-state index contributed by atoms with van der Waals surface area (Å²) < 4.78 is 1.61. The van der Waals surface area contributed by atoms with Gasteiger partial charge in [0, 0.05) is 6.20 Å². The lowest BCUT2D eigenvalue weighted by molar-refractivity contribution is 0.798. The number of aromatic nitrogens is 2. The van der Waals surface area contributed by atoms with E-state index in [2.05, 4.69) is 26.2 Å². The van der Waals surface area contributed by atoms with Crippen LogP contribution in [-0.4, -0.2) is 22.1 Å². The van der Waals surface area contributed by atoms with E-state index < -0.39 is 0 Å². The second-order valence-electron chi connectivity index (χ2n) is 2.40. The van der Waals surface area contributed by atoms with Crippen molar-refractivity contribution in [3.05, 3.63) is 18.0 Å². The molecule has 2 rings (SSSR count). The molecule has 1 aliphatic rings. The molecule has 14 heavy (non-hydrogen) atoms. The minimum atomic E-state index is 0.561. The van der Waals surface area contributed by atoms with E-state index in [0.717, 1.165) is 5.56 Å². The molecule has 0 unspecified atom stereocenters. The van der Waals surface area contributed by atoms with Crippen LogP contribution >= 0.6 is 0 Å². The van der Waals surface area contributed by atoms with Crippen molar-refractivity contribution in [2.24, 2.45) is 10.2 Å². The van der Waals surface area contributed by atoms with Gasteiger partial charge < -0.3 is 0 Å². The monoisotopic (exact) mass is 194 g/mol. The van der Waals surface area contributed by atoms with Crippen LogP contribution in [-0.2, 0) is 0 Å². The quantitative estimate of drug-likeness (QED) is 0.631. The molecule has 2 heterocycles. The smallest absolute Gasteiger partial charge is 0.261 e. The lowest BCUT2D eigenvalue weighted by Crippen LogP contribution is -2.33. The molecule has 1 aromatic heterocycles. The predicted molar refractivity (Wildman–Crippen MR) is 55.9 cm³/mol. The van der Waals surface area contributed by atoms with Crippen molar-refractivity contribution in [3.8, 4) is 0 Å². The molecule has 76 valence electrons. The Morgan fingerprint density at radius 1 is 1.36 bits per heavy atom. The van der Waals surface area contributed by atoms with E-state index in [1.807, 2.05) is 27.0 Å². The Hall–Kier alpha value is -1.85. The molecule has 0 spiro atoms. The Bertz CT molecular complexity index is 337. The Balaban J connectivity index is 0.000000461. The van der Waals surface area contributed by atoms with E-state index in [0.29, 0.717) is 5.96 Å². The molecule has 0 saturated carbocycles. The number of hydrogen-bond acceptors (Lipinski definition) is 5. The maximum absolute atomic E-state index is 4.05. The normalized spacial score (nSPS) is 13.2. The molecule has 1 aliphatic heterocycles. The highest BCUT2D eigenvalue weighted by Gasteiger charge is 2.03. The minimum Gasteiger partial charge on any atom is -0.262 e. The number of hydrazone groups is 2. The summed E-state index contributed by atoms with van der Waals surface area (Å²) in [6.07, 6.45) is 5.07. The van der Waals surface area contributed by atoms with Crippen LogP contribution in [0, 0.1) is 6.92 Å². The van der Waals surface area contributed by atoms with Crippen molar-refractivity contribution in [3.63, 3.8) is 0 Å². The fourth-order valence-electron chi connectivity index (χ4n) is 0.865. The predicted octanol–water partition coefficient (Wildman–Crippen LogP) is 0.473. The van der Waals surface area contributed by atoms with Gasteiger partial charge in [0.15, 0.2) is 0 Å². The molecule has 0 fully saturated rings. The second kappa shape index (κ2) is 5.00. The highest BCUT2D eigenvalue weighted by Crippen LogP contribution is 1.93. The molecule has 0 aromatic carbocycles. The molecule has 1 aromatic rings. The van der Waals surface area contributed by atoms with Crippen LogP contribution in [0.15, 0.2) is 22.6 Å². The Kier molecular flexibility index (Phi) is 3.66. The van der Waals surface area contributed by atoms with Gasteiger partial charge in [0.25, 0.3) is 5.96 Å². The zero-order valence-corrected chi connectivity index (χ0v) is 8.52. The van der Waals surface area contributed by atoms with Crippen LogP contribution in [0.3, 0.4) is 0 Å². The first-order valence-corrected chi connectivity index (χ1v) is 4.49. The SMILES string of the molecule is CC.Cc1cnn(C2=NNC=NN2)c1. The standard InChI is InChI=1S/C6H8N6.C2H6/c1-5-2-9-12(3-5)6-10-7-4-8-11-6;1-2/h2-4H,1H3,(H,7,8)(H,10,11);1-2H3. The summed E-state index contributed by atoms with van der Waals surface area (Å²) in [7, 11) is 0. The molecule has 0 aliphatic carbocycles. The van der Waals surface area contributed by atoms with Crippen LogP contribution < -0.4 is 10.9 Å². The highest BCUT2D eigenvalue weighted by atomic mass is 15.5. The number of nitrogens with one attached hydrogen (secondary N) is 2. The van der Waals surface area contributed by atoms with Crippen molar-refractivity contribution in [2.75, 3.05) is 0 Å². The van der Waals surface area contributed by atoms with E-state index in [1.54, 1.807) is 10.9 Å². The Labute approximate surface area is 82.7 Å². The third-order valence-electron chi connectivity index (χ3n) is 1.39. The van der Waals surface area contributed by atoms with Gasteiger partial charge in [-0.2, -0.15) is 10.2 Å². The van der Waals surface area contributed by atoms with Crippen molar-refractivity contribution in [1.82, 2.24) is 20.6 Å². The van der Waals surface area contributed by atoms with E-state index in [1.165, 1.54) is 6.34 Å². The van der Waals surface area contributed by atoms with Crippen LogP contribution in [0.25, 0.3) is 0 Å². The maximum atomic E-state index is 4.05. The summed E-state index contributed by atoms with van der Waals surface area (Å²) in [5.41, 5.74) is 6.40. The molecular formula is C8H14N6. The Morgan fingerprint density at radius 2 is 2.14 bits per heavy atom. The van der Waals surface area contributed by atoms with Crippen molar-refractivity contribution >= 4 is 12.3 Å². The van der Waals surface area contributed by atoms with E-state index in [9.17, 15) is 0 Å². The number of aryl methyl sites for hydroxylation is 1. The molecule has 0 radical (unpaired) electrons. The third-order valence-corrected chi connectivity index (χ3v) is 1.39. The molecular weight excluding hydrogens is 180 g/mol. The topological polar surface area (TPSA) is 66.6 Å². The van der Waals surface area contributed by atoms with Crippen LogP contribution in [0.5, 0.6) is 0 Å². The van der Waals surface area contributed by atoms with Crippen molar-refractivity contribution in [2.45, 2.75) is 20.8 Å². The zero-order chi connectivity index (χ0) is 10.4. The average Bonchev–Trinajstić information content (AvgIpc) is 2.69. The van der Waals surface area contributed by atoms with Gasteiger partial charge in [0.05, 0.1) is 6.20 Å². The highest BCUT2D eigenvalue weighted by molar-refractivity contribution is 5.83. The van der Waals surface area contributed by atoms with Gasteiger partial charge in [-0.3, -0.25) is 5.43 Å². The summed E-state index contributed by atoms with van der Waals surface area (Å²) in [5, 5.41) is 11.7. The molecule has 0 bridgehead atoms. The lowest BCUT2D eigenvalue weighted by atomic mass is 10.4. The molecule has 0 amide bonds. The van der Waals surface area contributed by atoms with Gasteiger partial charge in [-0.1, -0.05) is 13.8 Å². The number of rotatable bonds is 0. The van der Waals surface area contributed by atoms with Crippen LogP contribution in [0.2, 0.25) is 0 Å². The first-order chi connectivity index (χ1) is 6.86. The zero-order valence-electron chi connectivity index (χ0n) is 8.52. The Morgan fingerprint density at radius 3 is 2.64 bits per heavy atom. The first-order valence-electron chi connectivity index (χ1n) is 4.49. The first kappa shape index (κ1) is 10.2. The molecule has 6 nitrogen and oxygen atoms in total. The number of nitrogens with zero attached hydrogens (tertiary/aromatic N) is 4. The molecule has 6 heteroatoms. The fourth-order valence-corrected chi connectivity index (χ4v) is 0.865. The molecule has 0 atom stereocenters. The average molecular weight is 194 g/mol. The summed E-state index contributed by atoms with van der Waals surface area (Å²) in [6.45, 7) is 5.96. The minimum absolute atomic E-state index is 0.561. The van der Waals surface area contributed by atoms with Gasteiger partial charge in [-0.15, -0.1) is 5.10 Å². The van der Waals surface area contributed by atoms with Gasteiger partial charge in [-0.25, -0.2) is 10.1 Å². The third kappa shape index (κ3) is 2.32. The van der Waals surface area contributed by atoms with E-state index in [4.69, 9.17) is 0 Å². The number of hydrogen-bond donors (Lipinski definition) is 2. The van der Waals surface area contributed by atoms with Crippen molar-refractivity contribution < 1.29 is 0 Å². The lowest BCUT2D eigenvalue weighted by Gasteiger charge is -2.07. The van der Waals surface area contributed by atoms with E-state index >= 15 is 0 Å². The summed E-state index contributed by atoms with van der Waals surface area (Å²) in [6, 6.07) is 0. The summed E-state index contributed by atoms with van der Waals surface area (Å²) in [4.78, 5) is 0. The van der Waals surface area contributed by atoms with Crippen LogP contribution in [0.4, 0.5) is 0 Å². The van der Waals surface area contributed by atoms with Gasteiger partial charge in [0.2, 0.25) is 0 Å². The van der Waals surface area contributed by atoms with E-state index in [-0.39, 0.29) is 0 Å². The second-order valence-corrected chi connectivity index (χ2v) is 2.40. The molecule has 2 N–H and O–H groups in total. The summed E-state index contributed by atoms with van der Waals surface area (Å²) in [5.74, 6) is 0.561. The summed E-state index contributed by atoms with van der Waals surface area (Å²) >= 11 is 0.